The van der Waals surface area contributed by atoms with Crippen molar-refractivity contribution in [2.45, 2.75) is 13.0 Å². The van der Waals surface area contributed by atoms with E-state index in [9.17, 15) is 4.39 Å². The van der Waals surface area contributed by atoms with Gasteiger partial charge in [-0.05, 0) is 24.6 Å². The summed E-state index contributed by atoms with van der Waals surface area (Å²) in [7, 11) is 0. The van der Waals surface area contributed by atoms with E-state index in [2.05, 4.69) is 5.43 Å². The van der Waals surface area contributed by atoms with Crippen LogP contribution in [0.25, 0.3) is 0 Å². The lowest BCUT2D eigenvalue weighted by Crippen LogP contribution is -2.25. The van der Waals surface area contributed by atoms with E-state index in [1.165, 1.54) is 12.1 Å². The third-order valence-electron chi connectivity index (χ3n) is 1.62. The van der Waals surface area contributed by atoms with Crippen molar-refractivity contribution in [1.82, 2.24) is 5.43 Å². The fraction of sp³-hybridized carbons (Fsp3) is 0.250. The standard InChI is InChI=1S/C8H11FN2/c1-6(11-10)7-2-4-8(9)5-3-7/h2-6,11H,10H2,1H3/t6-/m0/s1. The predicted molar refractivity (Wildman–Crippen MR) is 42.1 cm³/mol. The Labute approximate surface area is 65.2 Å². The number of rotatable bonds is 2. The molecule has 60 valence electrons. The quantitative estimate of drug-likeness (QED) is 0.498. The maximum atomic E-state index is 12.4. The molecule has 0 radical (unpaired) electrons. The molecule has 0 amide bonds. The topological polar surface area (TPSA) is 38.0 Å². The van der Waals surface area contributed by atoms with Gasteiger partial charge >= 0.3 is 0 Å². The van der Waals surface area contributed by atoms with E-state index < -0.39 is 0 Å². The van der Waals surface area contributed by atoms with Crippen molar-refractivity contribution in [3.05, 3.63) is 35.6 Å². The molecule has 0 aliphatic rings. The summed E-state index contributed by atoms with van der Waals surface area (Å²) < 4.78 is 12.4. The molecule has 1 aromatic rings. The number of halogens is 1. The van der Waals surface area contributed by atoms with Crippen molar-refractivity contribution < 1.29 is 4.39 Å². The highest BCUT2D eigenvalue weighted by molar-refractivity contribution is 5.18. The van der Waals surface area contributed by atoms with E-state index in [1.54, 1.807) is 12.1 Å². The maximum absolute atomic E-state index is 12.4. The predicted octanol–water partition coefficient (Wildman–Crippen LogP) is 1.35. The summed E-state index contributed by atoms with van der Waals surface area (Å²) in [6, 6.07) is 6.32. The maximum Gasteiger partial charge on any atom is 0.123 e. The fourth-order valence-corrected chi connectivity index (χ4v) is 0.848. The third-order valence-corrected chi connectivity index (χ3v) is 1.62. The monoisotopic (exact) mass is 154 g/mol. The second-order valence-corrected chi connectivity index (χ2v) is 2.44. The molecule has 0 aromatic heterocycles. The Bertz CT molecular complexity index is 220. The molecule has 0 saturated carbocycles. The van der Waals surface area contributed by atoms with Gasteiger partial charge in [-0.3, -0.25) is 11.3 Å². The molecule has 0 spiro atoms. The highest BCUT2D eigenvalue weighted by atomic mass is 19.1. The Balaban J connectivity index is 2.81. The van der Waals surface area contributed by atoms with Crippen LogP contribution in [-0.2, 0) is 0 Å². The van der Waals surface area contributed by atoms with E-state index in [0.29, 0.717) is 0 Å². The summed E-state index contributed by atoms with van der Waals surface area (Å²) in [5.41, 5.74) is 3.56. The molecule has 0 bridgehead atoms. The zero-order valence-corrected chi connectivity index (χ0v) is 6.34. The van der Waals surface area contributed by atoms with Crippen LogP contribution in [-0.4, -0.2) is 0 Å². The summed E-state index contributed by atoms with van der Waals surface area (Å²) in [4.78, 5) is 0. The molecular formula is C8H11FN2. The number of nitrogens with one attached hydrogen (secondary N) is 1. The van der Waals surface area contributed by atoms with E-state index in [1.807, 2.05) is 6.92 Å². The van der Waals surface area contributed by atoms with Crippen molar-refractivity contribution in [2.24, 2.45) is 5.84 Å². The van der Waals surface area contributed by atoms with Crippen LogP contribution in [0.5, 0.6) is 0 Å². The largest absolute Gasteiger partial charge is 0.271 e. The van der Waals surface area contributed by atoms with Crippen molar-refractivity contribution in [2.75, 3.05) is 0 Å². The lowest BCUT2D eigenvalue weighted by atomic mass is 10.1. The molecule has 3 heteroatoms. The molecule has 1 aromatic carbocycles. The first-order chi connectivity index (χ1) is 5.24. The van der Waals surface area contributed by atoms with Gasteiger partial charge in [0, 0.05) is 6.04 Å². The van der Waals surface area contributed by atoms with Gasteiger partial charge in [-0.25, -0.2) is 4.39 Å². The molecule has 1 atom stereocenters. The molecule has 0 fully saturated rings. The van der Waals surface area contributed by atoms with Crippen molar-refractivity contribution in [3.8, 4) is 0 Å². The molecular weight excluding hydrogens is 143 g/mol. The molecule has 2 nitrogen and oxygen atoms in total. The number of hydrogen-bond donors (Lipinski definition) is 2. The van der Waals surface area contributed by atoms with Crippen LogP contribution in [0.15, 0.2) is 24.3 Å². The average molecular weight is 154 g/mol. The lowest BCUT2D eigenvalue weighted by molar-refractivity contribution is 0.595. The van der Waals surface area contributed by atoms with Gasteiger partial charge < -0.3 is 0 Å². The SMILES string of the molecule is C[C@H](NN)c1ccc(F)cc1. The van der Waals surface area contributed by atoms with Gasteiger partial charge in [0.1, 0.15) is 5.82 Å². The molecule has 0 aliphatic carbocycles. The summed E-state index contributed by atoms with van der Waals surface area (Å²) in [5.74, 6) is 4.97. The summed E-state index contributed by atoms with van der Waals surface area (Å²) in [6.07, 6.45) is 0. The van der Waals surface area contributed by atoms with Crippen molar-refractivity contribution in [1.29, 1.82) is 0 Å². The van der Waals surface area contributed by atoms with E-state index in [-0.39, 0.29) is 11.9 Å². The molecule has 0 aliphatic heterocycles. The van der Waals surface area contributed by atoms with Gasteiger partial charge in [-0.2, -0.15) is 0 Å². The minimum absolute atomic E-state index is 0.0654. The Hall–Kier alpha value is -0.930. The molecule has 3 N–H and O–H groups in total. The number of hydrazine groups is 1. The summed E-state index contributed by atoms with van der Waals surface area (Å²) in [6.45, 7) is 1.91. The van der Waals surface area contributed by atoms with Gasteiger partial charge in [0.15, 0.2) is 0 Å². The smallest absolute Gasteiger partial charge is 0.123 e. The average Bonchev–Trinajstić information content (AvgIpc) is 2.05. The lowest BCUT2D eigenvalue weighted by Gasteiger charge is -2.08. The molecule has 11 heavy (non-hydrogen) atoms. The highest BCUT2D eigenvalue weighted by Gasteiger charge is 2.00. The third kappa shape index (κ3) is 2.00. The van der Waals surface area contributed by atoms with Crippen molar-refractivity contribution >= 4 is 0 Å². The van der Waals surface area contributed by atoms with Gasteiger partial charge in [0.2, 0.25) is 0 Å². The van der Waals surface area contributed by atoms with E-state index >= 15 is 0 Å². The molecule has 0 saturated heterocycles. The second kappa shape index (κ2) is 3.46. The number of nitrogens with two attached hydrogens (primary N) is 1. The van der Waals surface area contributed by atoms with E-state index in [4.69, 9.17) is 5.84 Å². The Morgan fingerprint density at radius 2 is 1.91 bits per heavy atom. The van der Waals surface area contributed by atoms with E-state index in [0.717, 1.165) is 5.56 Å². The molecule has 0 heterocycles. The van der Waals surface area contributed by atoms with Gasteiger partial charge in [0.25, 0.3) is 0 Å². The van der Waals surface area contributed by atoms with Crippen LogP contribution >= 0.6 is 0 Å². The first kappa shape index (κ1) is 8.17. The van der Waals surface area contributed by atoms with Crippen LogP contribution in [0.2, 0.25) is 0 Å². The minimum Gasteiger partial charge on any atom is -0.271 e. The molecule has 0 unspecified atom stereocenters. The number of benzene rings is 1. The Morgan fingerprint density at radius 3 is 2.36 bits per heavy atom. The number of hydrogen-bond acceptors (Lipinski definition) is 2. The first-order valence-electron chi connectivity index (χ1n) is 3.45. The van der Waals surface area contributed by atoms with Crippen LogP contribution in [0.1, 0.15) is 18.5 Å². The zero-order chi connectivity index (χ0) is 8.27. The second-order valence-electron chi connectivity index (χ2n) is 2.44. The van der Waals surface area contributed by atoms with Crippen LogP contribution < -0.4 is 11.3 Å². The fourth-order valence-electron chi connectivity index (χ4n) is 0.848. The van der Waals surface area contributed by atoms with Gasteiger partial charge in [-0.1, -0.05) is 12.1 Å². The Kier molecular flexibility index (Phi) is 2.57. The first-order valence-corrected chi connectivity index (χ1v) is 3.45. The highest BCUT2D eigenvalue weighted by Crippen LogP contribution is 2.10. The summed E-state index contributed by atoms with van der Waals surface area (Å²) in [5, 5.41) is 0. The van der Waals surface area contributed by atoms with Crippen LogP contribution in [0.3, 0.4) is 0 Å². The summed E-state index contributed by atoms with van der Waals surface area (Å²) >= 11 is 0. The van der Waals surface area contributed by atoms with Crippen LogP contribution in [0, 0.1) is 5.82 Å². The van der Waals surface area contributed by atoms with Gasteiger partial charge in [-0.15, -0.1) is 0 Å². The van der Waals surface area contributed by atoms with Gasteiger partial charge in [0.05, 0.1) is 0 Å². The Morgan fingerprint density at radius 1 is 1.36 bits per heavy atom. The minimum atomic E-state index is -0.224. The van der Waals surface area contributed by atoms with Crippen molar-refractivity contribution in [3.63, 3.8) is 0 Å². The molecule has 1 rings (SSSR count). The van der Waals surface area contributed by atoms with Crippen LogP contribution in [0.4, 0.5) is 4.39 Å². The zero-order valence-electron chi connectivity index (χ0n) is 6.34. The normalized spacial score (nSPS) is 13.0.